The molecular formula is C12H16ClNO4S. The zero-order valence-corrected chi connectivity index (χ0v) is 12.5. The summed E-state index contributed by atoms with van der Waals surface area (Å²) in [6.45, 7) is 5.13. The van der Waals surface area contributed by atoms with Crippen LogP contribution in [0.3, 0.4) is 0 Å². The summed E-state index contributed by atoms with van der Waals surface area (Å²) in [6.07, 6.45) is -0.575. The van der Waals surface area contributed by atoms with E-state index in [0.717, 1.165) is 4.88 Å². The Bertz CT molecular complexity index is 467. The van der Waals surface area contributed by atoms with Crippen molar-refractivity contribution in [2.24, 2.45) is 0 Å². The molecule has 0 bridgehead atoms. The zero-order valence-electron chi connectivity index (χ0n) is 10.9. The van der Waals surface area contributed by atoms with Gasteiger partial charge in [0.2, 0.25) is 0 Å². The van der Waals surface area contributed by atoms with Gasteiger partial charge >= 0.3 is 12.1 Å². The highest BCUT2D eigenvalue weighted by Gasteiger charge is 2.24. The fourth-order valence-corrected chi connectivity index (χ4v) is 2.45. The highest BCUT2D eigenvalue weighted by atomic mass is 35.5. The number of carboxylic acid groups (broad SMARTS) is 1. The van der Waals surface area contributed by atoms with Crippen molar-refractivity contribution < 1.29 is 19.4 Å². The van der Waals surface area contributed by atoms with E-state index in [9.17, 15) is 9.59 Å². The number of thiophene rings is 1. The first kappa shape index (κ1) is 15.8. The second-order valence-electron chi connectivity index (χ2n) is 4.95. The average Bonchev–Trinajstić information content (AvgIpc) is 2.60. The molecule has 7 heteroatoms. The molecule has 1 aromatic rings. The van der Waals surface area contributed by atoms with Gasteiger partial charge in [0, 0.05) is 11.3 Å². The van der Waals surface area contributed by atoms with Gasteiger partial charge in [-0.2, -0.15) is 0 Å². The maximum atomic E-state index is 11.5. The Kier molecular flexibility index (Phi) is 5.20. The molecule has 0 aliphatic carbocycles. The summed E-state index contributed by atoms with van der Waals surface area (Å²) in [6, 6.07) is 2.39. The minimum Gasteiger partial charge on any atom is -0.480 e. The first-order chi connectivity index (χ1) is 8.67. The molecule has 0 aromatic carbocycles. The number of halogens is 1. The van der Waals surface area contributed by atoms with E-state index >= 15 is 0 Å². The smallest absolute Gasteiger partial charge is 0.408 e. The lowest BCUT2D eigenvalue weighted by Gasteiger charge is -2.21. The molecule has 1 rings (SSSR count). The average molecular weight is 306 g/mol. The lowest BCUT2D eigenvalue weighted by Crippen LogP contribution is -2.44. The second-order valence-corrected chi connectivity index (χ2v) is 6.75. The van der Waals surface area contributed by atoms with Gasteiger partial charge in [-0.15, -0.1) is 11.3 Å². The Balaban J connectivity index is 2.63. The molecule has 0 saturated carbocycles. The summed E-state index contributed by atoms with van der Waals surface area (Å²) in [4.78, 5) is 23.4. The van der Waals surface area contributed by atoms with Crippen LogP contribution in [0.5, 0.6) is 0 Å². The predicted molar refractivity (Wildman–Crippen MR) is 73.8 cm³/mol. The summed E-state index contributed by atoms with van der Waals surface area (Å²) < 4.78 is 5.61. The Hall–Kier alpha value is -1.27. The van der Waals surface area contributed by atoms with Crippen molar-refractivity contribution in [2.45, 2.75) is 38.8 Å². The fraction of sp³-hybridized carbons (Fsp3) is 0.500. The van der Waals surface area contributed by atoms with E-state index in [0.29, 0.717) is 4.34 Å². The summed E-state index contributed by atoms with van der Waals surface area (Å²) in [5.74, 6) is -1.12. The van der Waals surface area contributed by atoms with Crippen LogP contribution in [0.2, 0.25) is 4.34 Å². The molecule has 0 aliphatic rings. The molecule has 1 amide bonds. The van der Waals surface area contributed by atoms with Crippen LogP contribution in [0.4, 0.5) is 4.79 Å². The van der Waals surface area contributed by atoms with Gasteiger partial charge in [0.15, 0.2) is 0 Å². The van der Waals surface area contributed by atoms with E-state index in [1.165, 1.54) is 11.3 Å². The Morgan fingerprint density at radius 3 is 2.53 bits per heavy atom. The standard InChI is InChI=1S/C12H16ClNO4S/c1-12(2,3)18-11(17)14-8(10(15)16)6-7-4-5-9(13)19-7/h4-5,8H,6H2,1-3H3,(H,14,17)(H,15,16)/t8-/m1/s1. The topological polar surface area (TPSA) is 75.6 Å². The Morgan fingerprint density at radius 2 is 2.11 bits per heavy atom. The van der Waals surface area contributed by atoms with Crippen molar-refractivity contribution in [1.82, 2.24) is 5.32 Å². The molecule has 2 N–H and O–H groups in total. The number of aliphatic carboxylic acids is 1. The molecule has 1 atom stereocenters. The van der Waals surface area contributed by atoms with Gasteiger partial charge in [0.25, 0.3) is 0 Å². The molecule has 1 aromatic heterocycles. The number of hydrogen-bond donors (Lipinski definition) is 2. The van der Waals surface area contributed by atoms with Crippen molar-refractivity contribution in [2.75, 3.05) is 0 Å². The van der Waals surface area contributed by atoms with Crippen LogP contribution in [0.15, 0.2) is 12.1 Å². The van der Waals surface area contributed by atoms with Crippen molar-refractivity contribution in [1.29, 1.82) is 0 Å². The molecule has 0 spiro atoms. The lowest BCUT2D eigenvalue weighted by atomic mass is 10.2. The normalized spacial score (nSPS) is 12.8. The van der Waals surface area contributed by atoms with Crippen molar-refractivity contribution in [3.8, 4) is 0 Å². The number of nitrogens with one attached hydrogen (secondary N) is 1. The van der Waals surface area contributed by atoms with E-state index in [1.807, 2.05) is 0 Å². The van der Waals surface area contributed by atoms with Gasteiger partial charge in [0.05, 0.1) is 4.34 Å². The van der Waals surface area contributed by atoms with Gasteiger partial charge in [0.1, 0.15) is 11.6 Å². The second kappa shape index (κ2) is 6.25. The van der Waals surface area contributed by atoms with Crippen LogP contribution >= 0.6 is 22.9 Å². The molecule has 19 heavy (non-hydrogen) atoms. The molecule has 0 fully saturated rings. The lowest BCUT2D eigenvalue weighted by molar-refractivity contribution is -0.139. The first-order valence-corrected chi connectivity index (χ1v) is 6.83. The zero-order chi connectivity index (χ0) is 14.6. The van der Waals surface area contributed by atoms with E-state index in [1.54, 1.807) is 32.9 Å². The molecule has 0 aliphatic heterocycles. The molecule has 106 valence electrons. The maximum absolute atomic E-state index is 11.5. The van der Waals surface area contributed by atoms with Gasteiger partial charge in [-0.1, -0.05) is 11.6 Å². The number of carbonyl (C=O) groups is 2. The van der Waals surface area contributed by atoms with Gasteiger partial charge < -0.3 is 15.2 Å². The summed E-state index contributed by atoms with van der Waals surface area (Å²) in [5, 5.41) is 11.4. The van der Waals surface area contributed by atoms with E-state index in [2.05, 4.69) is 5.32 Å². The SMILES string of the molecule is CC(C)(C)OC(=O)N[C@H](Cc1ccc(Cl)s1)C(=O)O. The number of carboxylic acids is 1. The van der Waals surface area contributed by atoms with E-state index in [-0.39, 0.29) is 6.42 Å². The minimum absolute atomic E-state index is 0.173. The van der Waals surface area contributed by atoms with E-state index in [4.69, 9.17) is 21.4 Å². The van der Waals surface area contributed by atoms with Crippen molar-refractivity contribution in [3.05, 3.63) is 21.3 Å². The largest absolute Gasteiger partial charge is 0.480 e. The van der Waals surface area contributed by atoms with Crippen molar-refractivity contribution >= 4 is 35.0 Å². The number of rotatable bonds is 4. The van der Waals surface area contributed by atoms with Crippen LogP contribution in [-0.4, -0.2) is 28.8 Å². The molecule has 0 unspecified atom stereocenters. The minimum atomic E-state index is -1.12. The summed E-state index contributed by atoms with van der Waals surface area (Å²) in [5.41, 5.74) is -0.667. The van der Waals surface area contributed by atoms with Crippen LogP contribution < -0.4 is 5.32 Å². The highest BCUT2D eigenvalue weighted by molar-refractivity contribution is 7.16. The monoisotopic (exact) mass is 305 g/mol. The highest BCUT2D eigenvalue weighted by Crippen LogP contribution is 2.22. The van der Waals surface area contributed by atoms with Crippen LogP contribution in [0.25, 0.3) is 0 Å². The third-order valence-corrected chi connectivity index (χ3v) is 3.28. The predicted octanol–water partition coefficient (Wildman–Crippen LogP) is 2.92. The fourth-order valence-electron chi connectivity index (χ4n) is 1.31. The maximum Gasteiger partial charge on any atom is 0.408 e. The molecular weight excluding hydrogens is 290 g/mol. The number of amides is 1. The number of carbonyl (C=O) groups excluding carboxylic acids is 1. The summed E-state index contributed by atoms with van der Waals surface area (Å²) in [7, 11) is 0. The van der Waals surface area contributed by atoms with Gasteiger partial charge in [-0.25, -0.2) is 9.59 Å². The third-order valence-electron chi connectivity index (χ3n) is 2.02. The molecule has 0 saturated heterocycles. The summed E-state index contributed by atoms with van der Waals surface area (Å²) >= 11 is 7.06. The Morgan fingerprint density at radius 1 is 1.47 bits per heavy atom. The van der Waals surface area contributed by atoms with E-state index < -0.39 is 23.7 Å². The van der Waals surface area contributed by atoms with Gasteiger partial charge in [-0.05, 0) is 32.9 Å². The van der Waals surface area contributed by atoms with Crippen LogP contribution in [-0.2, 0) is 16.0 Å². The Labute approximate surface area is 120 Å². The van der Waals surface area contributed by atoms with Gasteiger partial charge in [-0.3, -0.25) is 0 Å². The third kappa shape index (κ3) is 5.94. The molecule has 0 radical (unpaired) electrons. The number of ether oxygens (including phenoxy) is 1. The van der Waals surface area contributed by atoms with Crippen LogP contribution in [0, 0.1) is 0 Å². The molecule has 1 heterocycles. The quantitative estimate of drug-likeness (QED) is 0.897. The first-order valence-electron chi connectivity index (χ1n) is 5.64. The van der Waals surface area contributed by atoms with Crippen molar-refractivity contribution in [3.63, 3.8) is 0 Å². The number of alkyl carbamates (subject to hydrolysis) is 1. The van der Waals surface area contributed by atoms with Crippen LogP contribution in [0.1, 0.15) is 25.6 Å². The number of hydrogen-bond acceptors (Lipinski definition) is 4. The molecule has 5 nitrogen and oxygen atoms in total.